The van der Waals surface area contributed by atoms with Crippen LogP contribution in [0.15, 0.2) is 0 Å². The van der Waals surface area contributed by atoms with Crippen molar-refractivity contribution in [3.63, 3.8) is 0 Å². The Morgan fingerprint density at radius 3 is 2.43 bits per heavy atom. The number of hydrogen-bond acceptors (Lipinski definition) is 2. The van der Waals surface area contributed by atoms with Gasteiger partial charge in [-0.2, -0.15) is 0 Å². The highest BCUT2D eigenvalue weighted by molar-refractivity contribution is 4.84. The van der Waals surface area contributed by atoms with E-state index in [0.29, 0.717) is 11.8 Å². The molecule has 0 aliphatic heterocycles. The number of hydrogen-bond donors (Lipinski definition) is 2. The standard InChI is InChI=1S/C12H22O2/c13-11-5-3-1-2-4-10(11)8-12(14)9-6-7-9/h9-14H,1-8H2. The molecule has 0 bridgehead atoms. The van der Waals surface area contributed by atoms with E-state index in [1.54, 1.807) is 0 Å². The van der Waals surface area contributed by atoms with Crippen molar-refractivity contribution in [2.75, 3.05) is 0 Å². The van der Waals surface area contributed by atoms with Crippen LogP contribution in [0.2, 0.25) is 0 Å². The second-order valence-corrected chi connectivity index (χ2v) is 5.11. The first kappa shape index (κ1) is 10.4. The SMILES string of the molecule is OC(CC1CCCCCC1O)C1CC1. The van der Waals surface area contributed by atoms with Crippen molar-refractivity contribution in [3.05, 3.63) is 0 Å². The molecule has 0 saturated heterocycles. The van der Waals surface area contributed by atoms with Crippen LogP contribution in [0.5, 0.6) is 0 Å². The van der Waals surface area contributed by atoms with Gasteiger partial charge in [-0.25, -0.2) is 0 Å². The van der Waals surface area contributed by atoms with Crippen molar-refractivity contribution < 1.29 is 10.2 Å². The van der Waals surface area contributed by atoms with Gasteiger partial charge in [-0.1, -0.05) is 19.3 Å². The lowest BCUT2D eigenvalue weighted by Gasteiger charge is -2.22. The zero-order valence-electron chi connectivity index (χ0n) is 8.86. The summed E-state index contributed by atoms with van der Waals surface area (Å²) < 4.78 is 0. The monoisotopic (exact) mass is 198 g/mol. The fourth-order valence-corrected chi connectivity index (χ4v) is 2.62. The molecular weight excluding hydrogens is 176 g/mol. The number of aliphatic hydroxyl groups is 2. The molecule has 0 heterocycles. The Kier molecular flexibility index (Phi) is 3.45. The summed E-state index contributed by atoms with van der Waals surface area (Å²) in [4.78, 5) is 0. The molecule has 0 radical (unpaired) electrons. The molecule has 2 N–H and O–H groups in total. The second-order valence-electron chi connectivity index (χ2n) is 5.11. The minimum Gasteiger partial charge on any atom is -0.393 e. The summed E-state index contributed by atoms with van der Waals surface area (Å²) >= 11 is 0. The molecule has 2 aliphatic rings. The van der Waals surface area contributed by atoms with Crippen molar-refractivity contribution in [3.8, 4) is 0 Å². The molecular formula is C12H22O2. The van der Waals surface area contributed by atoms with E-state index in [-0.39, 0.29) is 12.2 Å². The first-order valence-electron chi connectivity index (χ1n) is 6.13. The van der Waals surface area contributed by atoms with Crippen molar-refractivity contribution in [1.29, 1.82) is 0 Å². The summed E-state index contributed by atoms with van der Waals surface area (Å²) in [7, 11) is 0. The summed E-state index contributed by atoms with van der Waals surface area (Å²) in [5, 5.41) is 19.7. The minimum atomic E-state index is -0.147. The van der Waals surface area contributed by atoms with Crippen LogP contribution in [-0.2, 0) is 0 Å². The Hall–Kier alpha value is -0.0800. The molecule has 82 valence electrons. The molecule has 2 fully saturated rings. The van der Waals surface area contributed by atoms with E-state index in [4.69, 9.17) is 0 Å². The largest absolute Gasteiger partial charge is 0.393 e. The van der Waals surface area contributed by atoms with Gasteiger partial charge in [0.1, 0.15) is 0 Å². The molecule has 0 aromatic carbocycles. The van der Waals surface area contributed by atoms with Crippen LogP contribution < -0.4 is 0 Å². The number of rotatable bonds is 3. The third-order valence-corrected chi connectivity index (χ3v) is 3.83. The highest BCUT2D eigenvalue weighted by Gasteiger charge is 2.33. The third kappa shape index (κ3) is 2.71. The average Bonchev–Trinajstić information content (AvgIpc) is 2.95. The maximum atomic E-state index is 9.89. The van der Waals surface area contributed by atoms with Gasteiger partial charge >= 0.3 is 0 Å². The first-order chi connectivity index (χ1) is 6.77. The number of aliphatic hydroxyl groups excluding tert-OH is 2. The molecule has 2 saturated carbocycles. The van der Waals surface area contributed by atoms with Gasteiger partial charge < -0.3 is 10.2 Å². The van der Waals surface area contributed by atoms with Gasteiger partial charge in [0.25, 0.3) is 0 Å². The Morgan fingerprint density at radius 2 is 1.71 bits per heavy atom. The zero-order valence-corrected chi connectivity index (χ0v) is 8.86. The van der Waals surface area contributed by atoms with E-state index in [0.717, 1.165) is 25.7 Å². The lowest BCUT2D eigenvalue weighted by molar-refractivity contribution is 0.0490. The summed E-state index contributed by atoms with van der Waals surface area (Å²) in [5.74, 6) is 0.929. The lowest BCUT2D eigenvalue weighted by Crippen LogP contribution is -2.25. The topological polar surface area (TPSA) is 40.5 Å². The van der Waals surface area contributed by atoms with Gasteiger partial charge in [-0.3, -0.25) is 0 Å². The maximum absolute atomic E-state index is 9.89. The summed E-state index contributed by atoms with van der Waals surface area (Å²) in [6, 6.07) is 0. The van der Waals surface area contributed by atoms with Crippen LogP contribution in [0.4, 0.5) is 0 Å². The lowest BCUT2D eigenvalue weighted by atomic mass is 9.90. The average molecular weight is 198 g/mol. The van der Waals surface area contributed by atoms with E-state index < -0.39 is 0 Å². The van der Waals surface area contributed by atoms with Gasteiger partial charge in [-0.05, 0) is 43.9 Å². The third-order valence-electron chi connectivity index (χ3n) is 3.83. The van der Waals surface area contributed by atoms with Gasteiger partial charge in [0, 0.05) is 0 Å². The molecule has 0 spiro atoms. The first-order valence-corrected chi connectivity index (χ1v) is 6.13. The van der Waals surface area contributed by atoms with E-state index in [9.17, 15) is 10.2 Å². The van der Waals surface area contributed by atoms with E-state index in [2.05, 4.69) is 0 Å². The normalized spacial score (nSPS) is 36.4. The van der Waals surface area contributed by atoms with Crippen LogP contribution in [0.3, 0.4) is 0 Å². The fraction of sp³-hybridized carbons (Fsp3) is 1.00. The maximum Gasteiger partial charge on any atom is 0.0572 e. The van der Waals surface area contributed by atoms with Gasteiger partial charge in [0.2, 0.25) is 0 Å². The quantitative estimate of drug-likeness (QED) is 0.682. The van der Waals surface area contributed by atoms with E-state index in [1.807, 2.05) is 0 Å². The fourth-order valence-electron chi connectivity index (χ4n) is 2.62. The second kappa shape index (κ2) is 4.63. The van der Waals surface area contributed by atoms with Crippen LogP contribution in [0.1, 0.15) is 51.4 Å². The molecule has 0 amide bonds. The van der Waals surface area contributed by atoms with Crippen LogP contribution in [0, 0.1) is 11.8 Å². The van der Waals surface area contributed by atoms with Crippen LogP contribution in [0.25, 0.3) is 0 Å². The molecule has 3 atom stereocenters. The summed E-state index contributed by atoms with van der Waals surface area (Å²) in [6.45, 7) is 0. The highest BCUT2D eigenvalue weighted by atomic mass is 16.3. The van der Waals surface area contributed by atoms with Crippen LogP contribution >= 0.6 is 0 Å². The van der Waals surface area contributed by atoms with Crippen LogP contribution in [-0.4, -0.2) is 22.4 Å². The summed E-state index contributed by atoms with van der Waals surface area (Å²) in [6.07, 6.45) is 8.68. The molecule has 0 aromatic heterocycles. The Labute approximate surface area is 86.3 Å². The van der Waals surface area contributed by atoms with Crippen molar-refractivity contribution in [2.24, 2.45) is 11.8 Å². The van der Waals surface area contributed by atoms with Gasteiger partial charge in [-0.15, -0.1) is 0 Å². The molecule has 2 rings (SSSR count). The Balaban J connectivity index is 1.80. The predicted molar refractivity (Wildman–Crippen MR) is 55.9 cm³/mol. The Morgan fingerprint density at radius 1 is 1.00 bits per heavy atom. The molecule has 2 heteroatoms. The molecule has 3 unspecified atom stereocenters. The highest BCUT2D eigenvalue weighted by Crippen LogP contribution is 2.37. The van der Waals surface area contributed by atoms with Gasteiger partial charge in [0.15, 0.2) is 0 Å². The summed E-state index contributed by atoms with van der Waals surface area (Å²) in [5.41, 5.74) is 0. The Bertz CT molecular complexity index is 177. The minimum absolute atomic E-state index is 0.132. The van der Waals surface area contributed by atoms with Crippen molar-refractivity contribution in [1.82, 2.24) is 0 Å². The van der Waals surface area contributed by atoms with E-state index in [1.165, 1.54) is 25.7 Å². The molecule has 0 aromatic rings. The molecule has 2 nitrogen and oxygen atoms in total. The zero-order chi connectivity index (χ0) is 9.97. The molecule has 14 heavy (non-hydrogen) atoms. The van der Waals surface area contributed by atoms with E-state index >= 15 is 0 Å². The predicted octanol–water partition coefficient (Wildman–Crippen LogP) is 2.09. The smallest absolute Gasteiger partial charge is 0.0572 e. The molecule has 2 aliphatic carbocycles. The van der Waals surface area contributed by atoms with Crippen molar-refractivity contribution >= 4 is 0 Å². The van der Waals surface area contributed by atoms with Gasteiger partial charge in [0.05, 0.1) is 12.2 Å². The van der Waals surface area contributed by atoms with Crippen molar-refractivity contribution in [2.45, 2.75) is 63.6 Å².